The van der Waals surface area contributed by atoms with Crippen molar-refractivity contribution in [3.05, 3.63) is 66.0 Å². The van der Waals surface area contributed by atoms with Gasteiger partial charge in [-0.25, -0.2) is 9.18 Å². The van der Waals surface area contributed by atoms with Gasteiger partial charge in [-0.15, -0.1) is 0 Å². The van der Waals surface area contributed by atoms with E-state index < -0.39 is 24.5 Å². The zero-order valence-electron chi connectivity index (χ0n) is 13.5. The van der Waals surface area contributed by atoms with Gasteiger partial charge < -0.3 is 14.8 Å². The molecule has 0 aromatic heterocycles. The Bertz CT molecular complexity index is 746. The van der Waals surface area contributed by atoms with Gasteiger partial charge in [0.1, 0.15) is 0 Å². The third kappa shape index (κ3) is 4.79. The molecule has 1 N–H and O–H groups in total. The van der Waals surface area contributed by atoms with Crippen molar-refractivity contribution in [1.29, 1.82) is 0 Å². The van der Waals surface area contributed by atoms with E-state index in [1.165, 1.54) is 18.2 Å². The number of carbonyl (C=O) groups excluding carboxylic acids is 2. The predicted molar refractivity (Wildman–Crippen MR) is 88.3 cm³/mol. The highest BCUT2D eigenvalue weighted by atomic mass is 19.1. The van der Waals surface area contributed by atoms with E-state index in [1.54, 1.807) is 30.3 Å². The number of carbonyl (C=O) groups is 2. The smallest absolute Gasteiger partial charge is 0.345 e. The maximum absolute atomic E-state index is 13.5. The van der Waals surface area contributed by atoms with Gasteiger partial charge in [0.2, 0.25) is 6.10 Å². The standard InChI is InChI=1S/C19H18FNO4/c20-15-8-4-5-9-16(15)24-12-17(22)25-18(13-6-2-1-3-7-13)19(23)21-14-10-11-14/h1-9,14,18H,10-12H2,(H,21,23)/t18-/m0/s1. The van der Waals surface area contributed by atoms with Crippen molar-refractivity contribution < 1.29 is 23.5 Å². The molecule has 0 bridgehead atoms. The van der Waals surface area contributed by atoms with Crippen LogP contribution in [0.4, 0.5) is 4.39 Å². The number of halogens is 1. The summed E-state index contributed by atoms with van der Waals surface area (Å²) < 4.78 is 23.9. The number of nitrogens with one attached hydrogen (secondary N) is 1. The molecule has 0 heterocycles. The van der Waals surface area contributed by atoms with Crippen molar-refractivity contribution in [3.8, 4) is 5.75 Å². The number of hydrogen-bond donors (Lipinski definition) is 1. The van der Waals surface area contributed by atoms with Crippen molar-refractivity contribution in [1.82, 2.24) is 5.32 Å². The lowest BCUT2D eigenvalue weighted by atomic mass is 10.1. The molecule has 25 heavy (non-hydrogen) atoms. The van der Waals surface area contributed by atoms with Crippen molar-refractivity contribution in [3.63, 3.8) is 0 Å². The van der Waals surface area contributed by atoms with Crippen LogP contribution in [0.2, 0.25) is 0 Å². The number of benzene rings is 2. The van der Waals surface area contributed by atoms with Crippen LogP contribution in [-0.4, -0.2) is 24.5 Å². The first-order valence-electron chi connectivity index (χ1n) is 8.05. The minimum Gasteiger partial charge on any atom is -0.479 e. The molecule has 2 aromatic carbocycles. The van der Waals surface area contributed by atoms with Gasteiger partial charge >= 0.3 is 5.97 Å². The molecule has 2 aromatic rings. The maximum Gasteiger partial charge on any atom is 0.345 e. The Balaban J connectivity index is 1.63. The third-order valence-corrected chi connectivity index (χ3v) is 3.70. The van der Waals surface area contributed by atoms with E-state index >= 15 is 0 Å². The largest absolute Gasteiger partial charge is 0.479 e. The minimum absolute atomic E-state index is 0.0434. The molecule has 5 nitrogen and oxygen atoms in total. The van der Waals surface area contributed by atoms with E-state index in [4.69, 9.17) is 9.47 Å². The van der Waals surface area contributed by atoms with Crippen LogP contribution in [0.1, 0.15) is 24.5 Å². The van der Waals surface area contributed by atoms with E-state index in [2.05, 4.69) is 5.32 Å². The first-order valence-corrected chi connectivity index (χ1v) is 8.05. The molecule has 0 unspecified atom stereocenters. The second kappa shape index (κ2) is 7.79. The van der Waals surface area contributed by atoms with Gasteiger partial charge in [0, 0.05) is 11.6 Å². The van der Waals surface area contributed by atoms with Gasteiger partial charge in [-0.2, -0.15) is 0 Å². The fourth-order valence-electron chi connectivity index (χ4n) is 2.27. The molecule has 3 rings (SSSR count). The summed E-state index contributed by atoms with van der Waals surface area (Å²) in [7, 11) is 0. The number of esters is 1. The molecule has 0 spiro atoms. The summed E-state index contributed by atoms with van der Waals surface area (Å²) in [6.45, 7) is -0.485. The molecule has 1 amide bonds. The average Bonchev–Trinajstić information content (AvgIpc) is 3.43. The van der Waals surface area contributed by atoms with Gasteiger partial charge in [0.05, 0.1) is 0 Å². The molecule has 6 heteroatoms. The third-order valence-electron chi connectivity index (χ3n) is 3.70. The monoisotopic (exact) mass is 343 g/mol. The van der Waals surface area contributed by atoms with Gasteiger partial charge in [-0.05, 0) is 25.0 Å². The molecule has 1 saturated carbocycles. The molecule has 0 saturated heterocycles. The minimum atomic E-state index is -1.06. The summed E-state index contributed by atoms with van der Waals surface area (Å²) in [5.74, 6) is -1.73. The van der Waals surface area contributed by atoms with E-state index in [0.717, 1.165) is 12.8 Å². The van der Waals surface area contributed by atoms with E-state index in [-0.39, 0.29) is 17.7 Å². The fraction of sp³-hybridized carbons (Fsp3) is 0.263. The normalized spacial score (nSPS) is 14.4. The fourth-order valence-corrected chi connectivity index (χ4v) is 2.27. The number of para-hydroxylation sites is 1. The van der Waals surface area contributed by atoms with E-state index in [0.29, 0.717) is 5.56 Å². The Labute approximate surface area is 144 Å². The van der Waals surface area contributed by atoms with Crippen LogP contribution in [0.3, 0.4) is 0 Å². The lowest BCUT2D eigenvalue weighted by Crippen LogP contribution is -2.34. The van der Waals surface area contributed by atoms with Crippen molar-refractivity contribution in [2.24, 2.45) is 0 Å². The molecular formula is C19H18FNO4. The first-order chi connectivity index (χ1) is 12.1. The highest BCUT2D eigenvalue weighted by Gasteiger charge is 2.30. The van der Waals surface area contributed by atoms with Gasteiger partial charge in [0.25, 0.3) is 5.91 Å². The Morgan fingerprint density at radius 1 is 1.08 bits per heavy atom. The van der Waals surface area contributed by atoms with Crippen molar-refractivity contribution in [2.75, 3.05) is 6.61 Å². The van der Waals surface area contributed by atoms with E-state index in [1.807, 2.05) is 6.07 Å². The van der Waals surface area contributed by atoms with E-state index in [9.17, 15) is 14.0 Å². The highest BCUT2D eigenvalue weighted by molar-refractivity contribution is 5.85. The molecule has 1 aliphatic rings. The topological polar surface area (TPSA) is 64.6 Å². The second-order valence-corrected chi connectivity index (χ2v) is 5.78. The molecule has 0 aliphatic heterocycles. The predicted octanol–water partition coefficient (Wildman–Crippen LogP) is 2.77. The number of ether oxygens (including phenoxy) is 2. The molecule has 1 atom stereocenters. The first kappa shape index (κ1) is 17.0. The van der Waals surface area contributed by atoms with Crippen LogP contribution < -0.4 is 10.1 Å². The van der Waals surface area contributed by atoms with Crippen LogP contribution >= 0.6 is 0 Å². The van der Waals surface area contributed by atoms with Crippen LogP contribution in [0.5, 0.6) is 5.75 Å². The van der Waals surface area contributed by atoms with Crippen molar-refractivity contribution in [2.45, 2.75) is 25.0 Å². The maximum atomic E-state index is 13.5. The summed E-state index contributed by atoms with van der Waals surface area (Å²) >= 11 is 0. The summed E-state index contributed by atoms with van der Waals surface area (Å²) in [4.78, 5) is 24.4. The zero-order chi connectivity index (χ0) is 17.6. The lowest BCUT2D eigenvalue weighted by Gasteiger charge is -2.18. The summed E-state index contributed by atoms with van der Waals surface area (Å²) in [6, 6.07) is 14.7. The number of hydrogen-bond acceptors (Lipinski definition) is 4. The number of amides is 1. The Morgan fingerprint density at radius 2 is 1.76 bits per heavy atom. The van der Waals surface area contributed by atoms with Gasteiger partial charge in [-0.1, -0.05) is 42.5 Å². The summed E-state index contributed by atoms with van der Waals surface area (Å²) in [5, 5.41) is 2.82. The molecule has 0 radical (unpaired) electrons. The SMILES string of the molecule is O=C(COc1ccccc1F)O[C@H](C(=O)NC1CC1)c1ccccc1. The molecule has 1 fully saturated rings. The lowest BCUT2D eigenvalue weighted by molar-refractivity contribution is -0.158. The quantitative estimate of drug-likeness (QED) is 0.785. The van der Waals surface area contributed by atoms with Crippen LogP contribution in [0.25, 0.3) is 0 Å². The second-order valence-electron chi connectivity index (χ2n) is 5.78. The zero-order valence-corrected chi connectivity index (χ0v) is 13.5. The number of rotatable bonds is 7. The van der Waals surface area contributed by atoms with Gasteiger partial charge in [0.15, 0.2) is 18.2 Å². The summed E-state index contributed by atoms with van der Waals surface area (Å²) in [5.41, 5.74) is 0.569. The van der Waals surface area contributed by atoms with Crippen LogP contribution in [0, 0.1) is 5.82 Å². The molecule has 1 aliphatic carbocycles. The Hall–Kier alpha value is -2.89. The van der Waals surface area contributed by atoms with Crippen LogP contribution in [0.15, 0.2) is 54.6 Å². The summed E-state index contributed by atoms with van der Waals surface area (Å²) in [6.07, 6.45) is 0.799. The Morgan fingerprint density at radius 3 is 2.44 bits per heavy atom. The van der Waals surface area contributed by atoms with Gasteiger partial charge in [-0.3, -0.25) is 4.79 Å². The average molecular weight is 343 g/mol. The van der Waals surface area contributed by atoms with Crippen molar-refractivity contribution >= 4 is 11.9 Å². The highest BCUT2D eigenvalue weighted by Crippen LogP contribution is 2.23. The molecular weight excluding hydrogens is 325 g/mol. The Kier molecular flexibility index (Phi) is 5.28. The van der Waals surface area contributed by atoms with Crippen LogP contribution in [-0.2, 0) is 14.3 Å². The molecule has 130 valence electrons.